The second kappa shape index (κ2) is 7.75. The van der Waals surface area contributed by atoms with Gasteiger partial charge in [-0.15, -0.1) is 0 Å². The molecule has 0 aliphatic carbocycles. The SMILES string of the molecule is CNC(=O)[C@@H]1CN(Cc2ccc(F)cc2Cl)CCN(C(C)=O)C1. The molecule has 1 heterocycles. The summed E-state index contributed by atoms with van der Waals surface area (Å²) in [6, 6.07) is 4.31. The van der Waals surface area contributed by atoms with E-state index in [4.69, 9.17) is 11.6 Å². The first-order valence-electron chi connectivity index (χ1n) is 7.54. The van der Waals surface area contributed by atoms with Gasteiger partial charge in [0.25, 0.3) is 0 Å². The van der Waals surface area contributed by atoms with Crippen LogP contribution in [-0.2, 0) is 16.1 Å². The lowest BCUT2D eigenvalue weighted by atomic mass is 10.1. The van der Waals surface area contributed by atoms with E-state index in [1.807, 2.05) is 0 Å². The summed E-state index contributed by atoms with van der Waals surface area (Å²) in [6.07, 6.45) is 0. The molecule has 2 amide bonds. The maximum atomic E-state index is 13.1. The third-order valence-corrected chi connectivity index (χ3v) is 4.43. The van der Waals surface area contributed by atoms with Gasteiger partial charge in [0, 0.05) is 51.7 Å². The molecule has 1 aromatic carbocycles. The van der Waals surface area contributed by atoms with Crippen molar-refractivity contribution < 1.29 is 14.0 Å². The smallest absolute Gasteiger partial charge is 0.225 e. The number of hydrogen-bond donors (Lipinski definition) is 1. The summed E-state index contributed by atoms with van der Waals surface area (Å²) < 4.78 is 13.1. The fourth-order valence-corrected chi connectivity index (χ4v) is 3.00. The zero-order chi connectivity index (χ0) is 17.0. The van der Waals surface area contributed by atoms with Crippen molar-refractivity contribution in [3.05, 3.63) is 34.6 Å². The highest BCUT2D eigenvalue weighted by Gasteiger charge is 2.28. The Bertz CT molecular complexity index is 597. The van der Waals surface area contributed by atoms with E-state index in [-0.39, 0.29) is 23.5 Å². The first-order chi connectivity index (χ1) is 10.9. The Morgan fingerprint density at radius 3 is 2.70 bits per heavy atom. The van der Waals surface area contributed by atoms with Crippen LogP contribution >= 0.6 is 11.6 Å². The molecule has 126 valence electrons. The molecule has 1 saturated heterocycles. The highest BCUT2D eigenvalue weighted by atomic mass is 35.5. The minimum absolute atomic E-state index is 0.0411. The fraction of sp³-hybridized carbons (Fsp3) is 0.500. The van der Waals surface area contributed by atoms with Crippen LogP contribution in [0.3, 0.4) is 0 Å². The standard InChI is InChI=1S/C16H21ClFN3O2/c1-11(22)21-6-5-20(9-13(10-21)16(23)19-2)8-12-3-4-14(18)7-15(12)17/h3-4,7,13H,5-6,8-10H2,1-2H3,(H,19,23)/t13-/m1/s1. The fourth-order valence-electron chi connectivity index (χ4n) is 2.77. The Labute approximate surface area is 140 Å². The molecule has 0 bridgehead atoms. The van der Waals surface area contributed by atoms with Crippen molar-refractivity contribution in [1.29, 1.82) is 0 Å². The Morgan fingerprint density at radius 2 is 2.09 bits per heavy atom. The van der Waals surface area contributed by atoms with Crippen LogP contribution in [0.5, 0.6) is 0 Å². The molecule has 0 aromatic heterocycles. The lowest BCUT2D eigenvalue weighted by Gasteiger charge is -2.23. The summed E-state index contributed by atoms with van der Waals surface area (Å²) in [6.45, 7) is 4.15. The largest absolute Gasteiger partial charge is 0.359 e. The first-order valence-corrected chi connectivity index (χ1v) is 7.92. The van der Waals surface area contributed by atoms with E-state index in [1.54, 1.807) is 18.0 Å². The maximum Gasteiger partial charge on any atom is 0.225 e. The van der Waals surface area contributed by atoms with E-state index >= 15 is 0 Å². The molecule has 1 fully saturated rings. The minimum Gasteiger partial charge on any atom is -0.359 e. The molecule has 23 heavy (non-hydrogen) atoms. The number of halogens is 2. The number of hydrogen-bond acceptors (Lipinski definition) is 3. The van der Waals surface area contributed by atoms with Crippen molar-refractivity contribution in [3.63, 3.8) is 0 Å². The number of amides is 2. The summed E-state index contributed by atoms with van der Waals surface area (Å²) in [5.41, 5.74) is 0.806. The van der Waals surface area contributed by atoms with Crippen molar-refractivity contribution in [2.75, 3.05) is 33.2 Å². The average molecular weight is 342 g/mol. The Balaban J connectivity index is 2.14. The zero-order valence-electron chi connectivity index (χ0n) is 13.3. The molecule has 1 N–H and O–H groups in total. The van der Waals surface area contributed by atoms with Gasteiger partial charge in [-0.25, -0.2) is 4.39 Å². The molecular formula is C16H21ClFN3O2. The summed E-state index contributed by atoms with van der Waals surface area (Å²) in [7, 11) is 1.59. The molecule has 0 unspecified atom stereocenters. The molecule has 1 aromatic rings. The van der Waals surface area contributed by atoms with Crippen LogP contribution in [0.15, 0.2) is 18.2 Å². The molecule has 1 atom stereocenters. The third-order valence-electron chi connectivity index (χ3n) is 4.08. The van der Waals surface area contributed by atoms with Crippen molar-refractivity contribution >= 4 is 23.4 Å². The number of nitrogens with one attached hydrogen (secondary N) is 1. The second-order valence-electron chi connectivity index (χ2n) is 5.75. The van der Waals surface area contributed by atoms with Crippen molar-refractivity contribution in [2.45, 2.75) is 13.5 Å². The van der Waals surface area contributed by atoms with Crippen LogP contribution in [0.25, 0.3) is 0 Å². The predicted octanol–water partition coefficient (Wildman–Crippen LogP) is 1.51. The molecule has 0 radical (unpaired) electrons. The molecule has 0 saturated carbocycles. The van der Waals surface area contributed by atoms with Crippen LogP contribution in [0, 0.1) is 11.7 Å². The maximum absolute atomic E-state index is 13.1. The normalized spacial score (nSPS) is 19.3. The van der Waals surface area contributed by atoms with E-state index in [1.165, 1.54) is 19.1 Å². The van der Waals surface area contributed by atoms with E-state index in [0.717, 1.165) is 5.56 Å². The van der Waals surface area contributed by atoms with E-state index in [0.29, 0.717) is 37.7 Å². The quantitative estimate of drug-likeness (QED) is 0.906. The van der Waals surface area contributed by atoms with E-state index < -0.39 is 0 Å². The van der Waals surface area contributed by atoms with Gasteiger partial charge >= 0.3 is 0 Å². The topological polar surface area (TPSA) is 52.7 Å². The molecule has 1 aliphatic heterocycles. The van der Waals surface area contributed by atoms with Crippen LogP contribution in [-0.4, -0.2) is 54.8 Å². The summed E-state index contributed by atoms with van der Waals surface area (Å²) in [5.74, 6) is -0.805. The molecular weight excluding hydrogens is 321 g/mol. The summed E-state index contributed by atoms with van der Waals surface area (Å²) in [5, 5.41) is 3.02. The number of carbonyl (C=O) groups is 2. The van der Waals surface area contributed by atoms with Crippen LogP contribution in [0.4, 0.5) is 4.39 Å². The van der Waals surface area contributed by atoms with Gasteiger partial charge in [-0.3, -0.25) is 14.5 Å². The number of nitrogens with zero attached hydrogens (tertiary/aromatic N) is 2. The van der Waals surface area contributed by atoms with Crippen molar-refractivity contribution in [3.8, 4) is 0 Å². The highest BCUT2D eigenvalue weighted by Crippen LogP contribution is 2.21. The zero-order valence-corrected chi connectivity index (χ0v) is 14.1. The average Bonchev–Trinajstić information content (AvgIpc) is 2.72. The van der Waals surface area contributed by atoms with Crippen molar-refractivity contribution in [2.24, 2.45) is 5.92 Å². The highest BCUT2D eigenvalue weighted by molar-refractivity contribution is 6.31. The van der Waals surface area contributed by atoms with Gasteiger partial charge < -0.3 is 10.2 Å². The van der Waals surface area contributed by atoms with Gasteiger partial charge in [-0.2, -0.15) is 0 Å². The lowest BCUT2D eigenvalue weighted by molar-refractivity contribution is -0.130. The monoisotopic (exact) mass is 341 g/mol. The minimum atomic E-state index is -0.374. The Hall–Kier alpha value is -1.66. The Kier molecular flexibility index (Phi) is 5.96. The molecule has 5 nitrogen and oxygen atoms in total. The number of rotatable bonds is 3. The van der Waals surface area contributed by atoms with Gasteiger partial charge in [-0.1, -0.05) is 17.7 Å². The lowest BCUT2D eigenvalue weighted by Crippen LogP contribution is -2.40. The number of carbonyl (C=O) groups excluding carboxylic acids is 2. The molecule has 0 spiro atoms. The Morgan fingerprint density at radius 1 is 1.35 bits per heavy atom. The van der Waals surface area contributed by atoms with Gasteiger partial charge in [0.1, 0.15) is 5.82 Å². The number of benzene rings is 1. The van der Waals surface area contributed by atoms with Gasteiger partial charge in [0.2, 0.25) is 11.8 Å². The molecule has 1 aliphatic rings. The van der Waals surface area contributed by atoms with E-state index in [2.05, 4.69) is 10.2 Å². The van der Waals surface area contributed by atoms with E-state index in [9.17, 15) is 14.0 Å². The first kappa shape index (κ1) is 17.7. The van der Waals surface area contributed by atoms with Crippen LogP contribution in [0.1, 0.15) is 12.5 Å². The van der Waals surface area contributed by atoms with Crippen molar-refractivity contribution in [1.82, 2.24) is 15.1 Å². The van der Waals surface area contributed by atoms with Gasteiger partial charge in [0.15, 0.2) is 0 Å². The van der Waals surface area contributed by atoms with Gasteiger partial charge in [0.05, 0.1) is 5.92 Å². The van der Waals surface area contributed by atoms with Crippen LogP contribution in [0.2, 0.25) is 5.02 Å². The third kappa shape index (κ3) is 4.65. The van der Waals surface area contributed by atoms with Gasteiger partial charge in [-0.05, 0) is 17.7 Å². The predicted molar refractivity (Wildman–Crippen MR) is 86.5 cm³/mol. The molecule has 2 rings (SSSR count). The second-order valence-corrected chi connectivity index (χ2v) is 6.15. The summed E-state index contributed by atoms with van der Waals surface area (Å²) in [4.78, 5) is 27.5. The summed E-state index contributed by atoms with van der Waals surface area (Å²) >= 11 is 6.08. The molecule has 7 heteroatoms. The van der Waals surface area contributed by atoms with Crippen LogP contribution < -0.4 is 5.32 Å².